The number of Topliss-reactive ketones (excluding diaryl/α,β-unsaturated/α-hetero) is 1. The van der Waals surface area contributed by atoms with E-state index < -0.39 is 17.9 Å². The number of methoxy groups -OCH3 is 1. The number of aromatic nitrogens is 3. The zero-order valence-electron chi connectivity index (χ0n) is 41.7. The smallest absolute Gasteiger partial charge is 0.678 e. The van der Waals surface area contributed by atoms with Crippen molar-refractivity contribution in [2.75, 3.05) is 13.7 Å². The number of ether oxygens (including phenoxy) is 2. The second-order valence-corrected chi connectivity index (χ2v) is 19.5. The third-order valence-electron chi connectivity index (χ3n) is 14.4. The van der Waals surface area contributed by atoms with Crippen LogP contribution in [0.4, 0.5) is 0 Å². The fourth-order valence-corrected chi connectivity index (χ4v) is 10.3. The van der Waals surface area contributed by atoms with Crippen LogP contribution in [-0.4, -0.2) is 66.8 Å². The van der Waals surface area contributed by atoms with Gasteiger partial charge in [-0.1, -0.05) is 150 Å². The fraction of sp³-hybridized carbons (Fsp3) is 0.564. The molecule has 5 atom stereocenters. The zero-order valence-corrected chi connectivity index (χ0v) is 43.1. The van der Waals surface area contributed by atoms with Crippen molar-refractivity contribution in [2.24, 2.45) is 29.6 Å². The molecule has 0 spiro atoms. The molecule has 66 heavy (non-hydrogen) atoms. The van der Waals surface area contributed by atoms with Crippen molar-refractivity contribution < 1.29 is 28.7 Å². The number of ketones is 1. The Balaban J connectivity index is 0.00000817. The summed E-state index contributed by atoms with van der Waals surface area (Å²) >= 11 is 0. The molecule has 0 N–H and O–H groups in total. The number of hydrogen-bond donors (Lipinski definition) is 0. The summed E-state index contributed by atoms with van der Waals surface area (Å²) < 4.78 is 11.0. The summed E-state index contributed by atoms with van der Waals surface area (Å²) in [5, 5.41) is 7.70. The molecule has 0 saturated heterocycles. The number of carbonyl (C=O) groups is 4. The number of aldehydes is 1. The van der Waals surface area contributed by atoms with Crippen LogP contribution in [0.15, 0.2) is 22.9 Å². The first-order chi connectivity index (χ1) is 31.1. The van der Waals surface area contributed by atoms with E-state index in [1.165, 1.54) is 57.6 Å². The number of allylic oxidation sites excluding steroid dienone is 2. The standard InChI is InChI=1S/C55H73N4O6.Mg/c1-12-38-35(8)42-27-43-36(9)40(23-24-48(61)65-26-25-34(7)22-16-21-33(6)20-15-19-32(5)18-14-17-31(3)4)52(58-43)50-51(55(63)64-11)54(62)49-37(10)44(59-53(49)50)28-46-39(13-2)41(30-60)47(57-46)29-45(38)56-42;/h25,27-33,40,51-52H,12-24,26H2,1-11H3,(H-,56,57,60,62);/q-3;+2/p-1/b34-25-,42-27-;/t32-,33-,40+,51-,52?;/m1./s1. The van der Waals surface area contributed by atoms with Crippen molar-refractivity contribution in [3.05, 3.63) is 94.4 Å². The van der Waals surface area contributed by atoms with Crippen molar-refractivity contribution >= 4 is 70.9 Å². The van der Waals surface area contributed by atoms with Gasteiger partial charge in [-0.15, -0.1) is 38.5 Å². The van der Waals surface area contributed by atoms with E-state index in [0.717, 1.165) is 63.9 Å². The van der Waals surface area contributed by atoms with E-state index in [9.17, 15) is 19.2 Å². The van der Waals surface area contributed by atoms with E-state index in [0.29, 0.717) is 75.2 Å². The first kappa shape index (κ1) is 52.6. The van der Waals surface area contributed by atoms with E-state index >= 15 is 0 Å². The van der Waals surface area contributed by atoms with Gasteiger partial charge in [-0.05, 0) is 89.5 Å². The van der Waals surface area contributed by atoms with E-state index in [-0.39, 0.29) is 53.8 Å². The van der Waals surface area contributed by atoms with Crippen LogP contribution >= 0.6 is 0 Å². The molecule has 0 aromatic carbocycles. The predicted molar refractivity (Wildman–Crippen MR) is 264 cm³/mol. The summed E-state index contributed by atoms with van der Waals surface area (Å²) in [4.78, 5) is 69.1. The molecule has 11 heteroatoms. The van der Waals surface area contributed by atoms with Crippen LogP contribution in [0.1, 0.15) is 180 Å². The number of esters is 2. The predicted octanol–water partition coefficient (Wildman–Crippen LogP) is 7.67. The molecule has 352 valence electrons. The van der Waals surface area contributed by atoms with Gasteiger partial charge in [-0.3, -0.25) is 19.2 Å². The Kier molecular flexibility index (Phi) is 18.8. The van der Waals surface area contributed by atoms with E-state index in [1.807, 2.05) is 52.0 Å². The van der Waals surface area contributed by atoms with Crippen LogP contribution in [0.5, 0.6) is 0 Å². The Bertz CT molecular complexity index is 2580. The number of carbonyl (C=O) groups excluding carboxylic acids is 4. The molecule has 1 aliphatic carbocycles. The second kappa shape index (κ2) is 23.6. The molecular weight excluding hydrogens is 837 g/mol. The normalized spacial score (nSPS) is 20.2. The van der Waals surface area contributed by atoms with Crippen molar-refractivity contribution in [2.45, 2.75) is 159 Å². The Hall–Kier alpha value is -4.35. The molecule has 8 bridgehead atoms. The maximum Gasteiger partial charge on any atom is 2.00 e. The number of fused-ring (bicyclic) bond motifs is 8. The minimum absolute atomic E-state index is 0. The molecule has 3 aliphatic rings. The zero-order chi connectivity index (χ0) is 47.1. The maximum absolute atomic E-state index is 14.4. The van der Waals surface area contributed by atoms with Crippen LogP contribution in [0, 0.1) is 43.4 Å². The molecule has 2 aliphatic heterocycles. The maximum atomic E-state index is 14.4. The molecule has 0 radical (unpaired) electrons. The average molecular weight is 910 g/mol. The van der Waals surface area contributed by atoms with Gasteiger partial charge in [0.25, 0.3) is 0 Å². The molecule has 0 fully saturated rings. The summed E-state index contributed by atoms with van der Waals surface area (Å²) in [6.07, 6.45) is 21.5. The van der Waals surface area contributed by atoms with E-state index in [1.54, 1.807) is 0 Å². The van der Waals surface area contributed by atoms with Gasteiger partial charge in [0.15, 0.2) is 5.78 Å². The van der Waals surface area contributed by atoms with Gasteiger partial charge in [-0.2, -0.15) is 0 Å². The van der Waals surface area contributed by atoms with Crippen LogP contribution in [0.3, 0.4) is 0 Å². The molecule has 0 saturated carbocycles. The molecule has 3 aromatic heterocycles. The Morgan fingerprint density at radius 3 is 2.06 bits per heavy atom. The number of hydrogen-bond acceptors (Lipinski definition) is 6. The summed E-state index contributed by atoms with van der Waals surface area (Å²) in [5.41, 5.74) is 8.72. The Morgan fingerprint density at radius 1 is 0.788 bits per heavy atom. The molecule has 5 heterocycles. The van der Waals surface area contributed by atoms with Crippen molar-refractivity contribution in [1.29, 1.82) is 0 Å². The van der Waals surface area contributed by atoms with Gasteiger partial charge in [0, 0.05) is 17.5 Å². The van der Waals surface area contributed by atoms with Crippen LogP contribution in [0.25, 0.3) is 29.1 Å². The molecule has 1 unspecified atom stereocenters. The SMILES string of the molecule is CCc1c2[n-]c(c1C=O)/C=c1\[n-]/c(c(C)c1CC)=C\C1=C(C)[C@H](CCC(=O)OC/C=C(/C)CCC[C@H](C)CCC[C@H](C)CCCC(C)C)C([N-]1)C1=c3[n-]/c(c(C)c3C(=O)[C@@H]1C(=O)OC)=C\2.[Mg+2]. The summed E-state index contributed by atoms with van der Waals surface area (Å²) in [6.45, 7) is 21.6. The van der Waals surface area contributed by atoms with Crippen molar-refractivity contribution in [1.82, 2.24) is 15.0 Å². The van der Waals surface area contributed by atoms with E-state index in [2.05, 4.69) is 41.5 Å². The first-order valence-electron chi connectivity index (χ1n) is 24.4. The van der Waals surface area contributed by atoms with Crippen molar-refractivity contribution in [3.63, 3.8) is 0 Å². The van der Waals surface area contributed by atoms with E-state index in [4.69, 9.17) is 29.7 Å². The Labute approximate surface area is 408 Å². The van der Waals surface area contributed by atoms with Gasteiger partial charge in [0.2, 0.25) is 0 Å². The second-order valence-electron chi connectivity index (χ2n) is 19.5. The quantitative estimate of drug-likeness (QED) is 0.0346. The topological polar surface area (TPSA) is 143 Å². The third-order valence-corrected chi connectivity index (χ3v) is 14.4. The first-order valence-corrected chi connectivity index (χ1v) is 24.4. The summed E-state index contributed by atoms with van der Waals surface area (Å²) in [7, 11) is 1.28. The summed E-state index contributed by atoms with van der Waals surface area (Å²) in [6, 6.07) is -0.676. The molecule has 0 amide bonds. The van der Waals surface area contributed by atoms with Gasteiger partial charge in [-0.25, -0.2) is 0 Å². The van der Waals surface area contributed by atoms with Crippen molar-refractivity contribution in [3.8, 4) is 0 Å². The Morgan fingerprint density at radius 2 is 1.42 bits per heavy atom. The minimum Gasteiger partial charge on any atom is -0.678 e. The van der Waals surface area contributed by atoms with Crippen LogP contribution in [-0.2, 0) is 31.9 Å². The van der Waals surface area contributed by atoms with Gasteiger partial charge >= 0.3 is 35.0 Å². The number of rotatable bonds is 21. The minimum atomic E-state index is -1.23. The van der Waals surface area contributed by atoms with Gasteiger partial charge in [0.1, 0.15) is 18.8 Å². The number of nitrogens with zero attached hydrogens (tertiary/aromatic N) is 4. The molecule has 10 nitrogen and oxygen atoms in total. The van der Waals surface area contributed by atoms with Crippen LogP contribution in [0.2, 0.25) is 0 Å². The fourth-order valence-electron chi connectivity index (χ4n) is 10.3. The molecular formula is C55H72MgN4O6-2. The largest absolute Gasteiger partial charge is 2.00 e. The molecule has 6 rings (SSSR count). The van der Waals surface area contributed by atoms with Gasteiger partial charge in [0.05, 0.1) is 7.11 Å². The molecule has 3 aromatic rings. The monoisotopic (exact) mass is 909 g/mol. The van der Waals surface area contributed by atoms with Crippen LogP contribution < -0.4 is 36.3 Å². The third kappa shape index (κ3) is 11.7. The average Bonchev–Trinajstić information content (AvgIpc) is 4.02. The summed E-state index contributed by atoms with van der Waals surface area (Å²) in [5.74, 6) is -0.630. The van der Waals surface area contributed by atoms with Gasteiger partial charge < -0.3 is 29.7 Å².